The zero-order valence-electron chi connectivity index (χ0n) is 8.40. The van der Waals surface area contributed by atoms with Gasteiger partial charge in [0.15, 0.2) is 0 Å². The van der Waals surface area contributed by atoms with Crippen LogP contribution in [0, 0.1) is 11.8 Å². The maximum Gasteiger partial charge on any atom is -0.00179 e. The Kier molecular flexibility index (Phi) is 4.62. The zero-order chi connectivity index (χ0) is 8.81. The van der Waals surface area contributed by atoms with E-state index in [0.29, 0.717) is 0 Å². The number of rotatable bonds is 7. The summed E-state index contributed by atoms with van der Waals surface area (Å²) in [5.41, 5.74) is 0. The van der Waals surface area contributed by atoms with Gasteiger partial charge in [0.05, 0.1) is 0 Å². The molecular weight excluding hydrogens is 148 g/mol. The molecule has 0 amide bonds. The molecule has 0 aromatic rings. The molecular formula is C10H22N2. The van der Waals surface area contributed by atoms with Crippen molar-refractivity contribution in [2.75, 3.05) is 26.7 Å². The van der Waals surface area contributed by atoms with Gasteiger partial charge in [-0.15, -0.1) is 0 Å². The average molecular weight is 170 g/mol. The minimum atomic E-state index is 0.995. The molecule has 0 radical (unpaired) electrons. The Morgan fingerprint density at radius 3 is 2.50 bits per heavy atom. The van der Waals surface area contributed by atoms with E-state index in [-0.39, 0.29) is 0 Å². The van der Waals surface area contributed by atoms with E-state index in [2.05, 4.69) is 17.6 Å². The highest BCUT2D eigenvalue weighted by Crippen LogP contribution is 2.36. The molecule has 0 spiro atoms. The number of nitrogens with one attached hydrogen (secondary N) is 2. The zero-order valence-corrected chi connectivity index (χ0v) is 8.40. The van der Waals surface area contributed by atoms with Crippen LogP contribution in [0.5, 0.6) is 0 Å². The second-order valence-corrected chi connectivity index (χ2v) is 3.99. The Balaban J connectivity index is 1.72. The van der Waals surface area contributed by atoms with Gasteiger partial charge in [0.2, 0.25) is 0 Å². The van der Waals surface area contributed by atoms with E-state index in [0.717, 1.165) is 18.4 Å². The lowest BCUT2D eigenvalue weighted by Crippen LogP contribution is -2.19. The van der Waals surface area contributed by atoms with Crippen LogP contribution in [0.3, 0.4) is 0 Å². The van der Waals surface area contributed by atoms with Crippen molar-refractivity contribution in [1.82, 2.24) is 10.6 Å². The van der Waals surface area contributed by atoms with Gasteiger partial charge in [-0.1, -0.05) is 6.92 Å². The maximum absolute atomic E-state index is 3.51. The first-order valence-electron chi connectivity index (χ1n) is 5.20. The molecule has 0 aromatic heterocycles. The van der Waals surface area contributed by atoms with Crippen LogP contribution in [0.4, 0.5) is 0 Å². The minimum Gasteiger partial charge on any atom is -0.320 e. The third-order valence-corrected chi connectivity index (χ3v) is 2.71. The van der Waals surface area contributed by atoms with Crippen molar-refractivity contribution in [1.29, 1.82) is 0 Å². The second kappa shape index (κ2) is 5.55. The van der Waals surface area contributed by atoms with E-state index in [1.165, 1.54) is 32.4 Å². The Bertz CT molecular complexity index is 114. The van der Waals surface area contributed by atoms with Gasteiger partial charge in [-0.3, -0.25) is 0 Å². The van der Waals surface area contributed by atoms with Crippen LogP contribution in [0.2, 0.25) is 0 Å². The molecule has 2 atom stereocenters. The SMILES string of the molecule is CNCCCCNC[C@@H]1C[C@@H]1C. The molecule has 0 saturated heterocycles. The fourth-order valence-electron chi connectivity index (χ4n) is 1.52. The van der Waals surface area contributed by atoms with Gasteiger partial charge in [0.25, 0.3) is 0 Å². The first kappa shape index (κ1) is 10.0. The van der Waals surface area contributed by atoms with Crippen LogP contribution in [0.1, 0.15) is 26.2 Å². The average Bonchev–Trinajstić information content (AvgIpc) is 2.74. The molecule has 1 aliphatic carbocycles. The van der Waals surface area contributed by atoms with Gasteiger partial charge in [0, 0.05) is 0 Å². The molecule has 1 aliphatic rings. The molecule has 1 rings (SSSR count). The largest absolute Gasteiger partial charge is 0.320 e. The highest BCUT2D eigenvalue weighted by molar-refractivity contribution is 4.83. The quantitative estimate of drug-likeness (QED) is 0.562. The fourth-order valence-corrected chi connectivity index (χ4v) is 1.52. The topological polar surface area (TPSA) is 24.1 Å². The van der Waals surface area contributed by atoms with E-state index in [4.69, 9.17) is 0 Å². The van der Waals surface area contributed by atoms with Gasteiger partial charge in [-0.2, -0.15) is 0 Å². The highest BCUT2D eigenvalue weighted by Gasteiger charge is 2.31. The molecule has 12 heavy (non-hydrogen) atoms. The van der Waals surface area contributed by atoms with Crippen molar-refractivity contribution >= 4 is 0 Å². The Morgan fingerprint density at radius 1 is 1.25 bits per heavy atom. The van der Waals surface area contributed by atoms with Crippen molar-refractivity contribution in [2.45, 2.75) is 26.2 Å². The summed E-state index contributed by atoms with van der Waals surface area (Å²) in [6, 6.07) is 0. The predicted molar refractivity (Wildman–Crippen MR) is 53.3 cm³/mol. The Hall–Kier alpha value is -0.0800. The highest BCUT2D eigenvalue weighted by atomic mass is 14.9. The van der Waals surface area contributed by atoms with Gasteiger partial charge in [-0.25, -0.2) is 0 Å². The standard InChI is InChI=1S/C10H22N2/c1-9-7-10(9)8-12-6-4-3-5-11-2/h9-12H,3-8H2,1-2H3/t9-,10-/m0/s1. The van der Waals surface area contributed by atoms with E-state index in [1.54, 1.807) is 0 Å². The van der Waals surface area contributed by atoms with Crippen LogP contribution in [-0.2, 0) is 0 Å². The Morgan fingerprint density at radius 2 is 1.92 bits per heavy atom. The van der Waals surface area contributed by atoms with Crippen LogP contribution in [-0.4, -0.2) is 26.7 Å². The first-order valence-corrected chi connectivity index (χ1v) is 5.20. The molecule has 72 valence electrons. The molecule has 1 fully saturated rings. The van der Waals surface area contributed by atoms with E-state index >= 15 is 0 Å². The second-order valence-electron chi connectivity index (χ2n) is 3.99. The smallest absolute Gasteiger partial charge is 0.00179 e. The van der Waals surface area contributed by atoms with Crippen molar-refractivity contribution in [2.24, 2.45) is 11.8 Å². The lowest BCUT2D eigenvalue weighted by Gasteiger charge is -2.02. The molecule has 2 N–H and O–H groups in total. The van der Waals surface area contributed by atoms with E-state index in [9.17, 15) is 0 Å². The van der Waals surface area contributed by atoms with E-state index in [1.807, 2.05) is 7.05 Å². The predicted octanol–water partition coefficient (Wildman–Crippen LogP) is 1.23. The van der Waals surface area contributed by atoms with Crippen LogP contribution in [0.25, 0.3) is 0 Å². The van der Waals surface area contributed by atoms with Crippen molar-refractivity contribution in [3.63, 3.8) is 0 Å². The summed E-state index contributed by atoms with van der Waals surface area (Å²) in [6.45, 7) is 5.94. The lowest BCUT2D eigenvalue weighted by atomic mass is 10.3. The fraction of sp³-hybridized carbons (Fsp3) is 1.00. The number of unbranched alkanes of at least 4 members (excludes halogenated alkanes) is 1. The van der Waals surface area contributed by atoms with Gasteiger partial charge in [0.1, 0.15) is 0 Å². The monoisotopic (exact) mass is 170 g/mol. The van der Waals surface area contributed by atoms with Gasteiger partial charge < -0.3 is 10.6 Å². The third kappa shape index (κ3) is 4.07. The van der Waals surface area contributed by atoms with Gasteiger partial charge >= 0.3 is 0 Å². The molecule has 0 heterocycles. The maximum atomic E-state index is 3.51. The normalized spacial score (nSPS) is 27.5. The molecule has 0 bridgehead atoms. The van der Waals surface area contributed by atoms with Gasteiger partial charge in [-0.05, 0) is 57.8 Å². The molecule has 2 nitrogen and oxygen atoms in total. The number of hydrogen-bond acceptors (Lipinski definition) is 2. The lowest BCUT2D eigenvalue weighted by molar-refractivity contribution is 0.571. The summed E-state index contributed by atoms with van der Waals surface area (Å²) in [5, 5.41) is 6.67. The van der Waals surface area contributed by atoms with Crippen molar-refractivity contribution < 1.29 is 0 Å². The molecule has 0 aromatic carbocycles. The molecule has 1 saturated carbocycles. The molecule has 2 heteroatoms. The third-order valence-electron chi connectivity index (χ3n) is 2.71. The summed E-state index contributed by atoms with van der Waals surface area (Å²) in [4.78, 5) is 0. The number of hydrogen-bond donors (Lipinski definition) is 2. The van der Waals surface area contributed by atoms with Crippen molar-refractivity contribution in [3.05, 3.63) is 0 Å². The minimum absolute atomic E-state index is 0.995. The van der Waals surface area contributed by atoms with Crippen LogP contribution in [0.15, 0.2) is 0 Å². The molecule has 0 aliphatic heterocycles. The van der Waals surface area contributed by atoms with Crippen LogP contribution >= 0.6 is 0 Å². The summed E-state index contributed by atoms with van der Waals surface area (Å²) in [7, 11) is 2.01. The Labute approximate surface area is 76.1 Å². The van der Waals surface area contributed by atoms with Crippen molar-refractivity contribution in [3.8, 4) is 0 Å². The van der Waals surface area contributed by atoms with E-state index < -0.39 is 0 Å². The van der Waals surface area contributed by atoms with Crippen LogP contribution < -0.4 is 10.6 Å². The summed E-state index contributed by atoms with van der Waals surface area (Å²) < 4.78 is 0. The molecule has 0 unspecified atom stereocenters. The summed E-state index contributed by atoms with van der Waals surface area (Å²) in [6.07, 6.45) is 4.05. The first-order chi connectivity index (χ1) is 5.84. The summed E-state index contributed by atoms with van der Waals surface area (Å²) in [5.74, 6) is 1.99. The summed E-state index contributed by atoms with van der Waals surface area (Å²) >= 11 is 0.